The predicted octanol–water partition coefficient (Wildman–Crippen LogP) is 3.19. The first-order valence-corrected chi connectivity index (χ1v) is 8.29. The average molecular weight is 342 g/mol. The van der Waals surface area contributed by atoms with Crippen LogP contribution in [0.5, 0.6) is 0 Å². The number of rotatable bonds is 4. The molecule has 0 aliphatic rings. The largest absolute Gasteiger partial charge is 0.339 e. The van der Waals surface area contributed by atoms with Gasteiger partial charge in [-0.1, -0.05) is 0 Å². The molecule has 0 aliphatic heterocycles. The zero-order chi connectivity index (χ0) is 17.3. The maximum Gasteiger partial charge on any atom is 0.278 e. The van der Waals surface area contributed by atoms with E-state index in [1.807, 2.05) is 51.4 Å². The lowest BCUT2D eigenvalue weighted by molar-refractivity contribution is 0.102. The number of aromatic nitrogens is 4. The van der Waals surface area contributed by atoms with Crippen LogP contribution in [0.25, 0.3) is 0 Å². The summed E-state index contributed by atoms with van der Waals surface area (Å²) in [6.07, 6.45) is 0. The standard InChI is InChI=1S/C16H18N6OS/c1-9-5-6-12(19-13-7-10(2)21-22(13)4)14(17-9)15(23)20-16-18-11(3)8-24-16/h5-8,19H,1-4H3,(H,18,20,23). The molecule has 0 spiro atoms. The minimum atomic E-state index is -0.297. The van der Waals surface area contributed by atoms with E-state index in [1.165, 1.54) is 11.3 Å². The number of pyridine rings is 1. The van der Waals surface area contributed by atoms with Crippen LogP contribution in [0.1, 0.15) is 27.6 Å². The Kier molecular flexibility index (Phi) is 4.30. The normalized spacial score (nSPS) is 10.7. The molecule has 1 amide bonds. The average Bonchev–Trinajstić information content (AvgIpc) is 3.06. The molecule has 0 aromatic carbocycles. The predicted molar refractivity (Wildman–Crippen MR) is 95.0 cm³/mol. The van der Waals surface area contributed by atoms with Crippen molar-refractivity contribution in [2.75, 3.05) is 10.6 Å². The monoisotopic (exact) mass is 342 g/mol. The summed E-state index contributed by atoms with van der Waals surface area (Å²) in [7, 11) is 1.84. The molecule has 7 nitrogen and oxygen atoms in total. The van der Waals surface area contributed by atoms with Crippen LogP contribution in [0.2, 0.25) is 0 Å². The number of hydrogen-bond acceptors (Lipinski definition) is 6. The van der Waals surface area contributed by atoms with Crippen molar-refractivity contribution >= 4 is 33.9 Å². The molecule has 0 aliphatic carbocycles. The number of aryl methyl sites for hydroxylation is 4. The summed E-state index contributed by atoms with van der Waals surface area (Å²) >= 11 is 1.39. The van der Waals surface area contributed by atoms with Gasteiger partial charge in [0.1, 0.15) is 5.82 Å². The highest BCUT2D eigenvalue weighted by Gasteiger charge is 2.16. The molecule has 3 aromatic heterocycles. The lowest BCUT2D eigenvalue weighted by Gasteiger charge is -2.11. The van der Waals surface area contributed by atoms with Crippen LogP contribution in [0, 0.1) is 20.8 Å². The molecule has 124 valence electrons. The Morgan fingerprint density at radius 2 is 1.92 bits per heavy atom. The molecular formula is C16H18N6OS. The van der Waals surface area contributed by atoms with Gasteiger partial charge in [-0.25, -0.2) is 9.97 Å². The van der Waals surface area contributed by atoms with Gasteiger partial charge in [-0.2, -0.15) is 5.10 Å². The Balaban J connectivity index is 1.90. The number of hydrogen-bond donors (Lipinski definition) is 2. The third-order valence-electron chi connectivity index (χ3n) is 3.35. The Hall–Kier alpha value is -2.74. The third kappa shape index (κ3) is 3.43. The quantitative estimate of drug-likeness (QED) is 0.760. The van der Waals surface area contributed by atoms with Gasteiger partial charge in [0.25, 0.3) is 5.91 Å². The zero-order valence-electron chi connectivity index (χ0n) is 13.9. The number of nitrogens with one attached hydrogen (secondary N) is 2. The van der Waals surface area contributed by atoms with Crippen LogP contribution in [-0.4, -0.2) is 25.7 Å². The Morgan fingerprint density at radius 1 is 1.12 bits per heavy atom. The van der Waals surface area contributed by atoms with E-state index in [1.54, 1.807) is 4.68 Å². The van der Waals surface area contributed by atoms with E-state index in [0.717, 1.165) is 22.9 Å². The molecule has 3 rings (SSSR count). The van der Waals surface area contributed by atoms with E-state index in [2.05, 4.69) is 25.7 Å². The van der Waals surface area contributed by atoms with Crippen LogP contribution in [0.3, 0.4) is 0 Å². The van der Waals surface area contributed by atoms with Crippen molar-refractivity contribution in [1.29, 1.82) is 0 Å². The van der Waals surface area contributed by atoms with Gasteiger partial charge in [0.15, 0.2) is 10.8 Å². The van der Waals surface area contributed by atoms with Gasteiger partial charge >= 0.3 is 0 Å². The van der Waals surface area contributed by atoms with Crippen molar-refractivity contribution in [1.82, 2.24) is 19.7 Å². The summed E-state index contributed by atoms with van der Waals surface area (Å²) in [6, 6.07) is 5.61. The second kappa shape index (κ2) is 6.40. The van der Waals surface area contributed by atoms with Gasteiger partial charge in [-0.05, 0) is 32.9 Å². The van der Waals surface area contributed by atoms with Crippen molar-refractivity contribution in [3.8, 4) is 0 Å². The van der Waals surface area contributed by atoms with Crippen LogP contribution in [-0.2, 0) is 7.05 Å². The first-order valence-electron chi connectivity index (χ1n) is 7.41. The van der Waals surface area contributed by atoms with Crippen molar-refractivity contribution < 1.29 is 4.79 Å². The van der Waals surface area contributed by atoms with Gasteiger partial charge in [-0.15, -0.1) is 11.3 Å². The summed E-state index contributed by atoms with van der Waals surface area (Å²) in [5.74, 6) is 0.492. The smallest absolute Gasteiger partial charge is 0.278 e. The van der Waals surface area contributed by atoms with E-state index < -0.39 is 0 Å². The highest BCUT2D eigenvalue weighted by molar-refractivity contribution is 7.13. The van der Waals surface area contributed by atoms with Gasteiger partial charge < -0.3 is 5.32 Å². The molecule has 0 atom stereocenters. The SMILES string of the molecule is Cc1csc(NC(=O)c2nc(C)ccc2Nc2cc(C)nn2C)n1. The Labute approximate surface area is 143 Å². The highest BCUT2D eigenvalue weighted by Crippen LogP contribution is 2.22. The van der Waals surface area contributed by atoms with Crippen LogP contribution >= 0.6 is 11.3 Å². The molecule has 0 radical (unpaired) electrons. The second-order valence-corrected chi connectivity index (χ2v) is 6.37. The molecule has 24 heavy (non-hydrogen) atoms. The Bertz CT molecular complexity index is 898. The molecule has 0 unspecified atom stereocenters. The molecule has 3 aromatic rings. The minimum absolute atomic E-state index is 0.297. The zero-order valence-corrected chi connectivity index (χ0v) is 14.7. The van der Waals surface area contributed by atoms with Gasteiger partial charge in [0, 0.05) is 24.2 Å². The lowest BCUT2D eigenvalue weighted by Crippen LogP contribution is -2.16. The van der Waals surface area contributed by atoms with E-state index in [9.17, 15) is 4.79 Å². The first-order chi connectivity index (χ1) is 11.4. The molecule has 3 heterocycles. The first kappa shape index (κ1) is 16.1. The third-order valence-corrected chi connectivity index (χ3v) is 4.23. The van der Waals surface area contributed by atoms with Gasteiger partial charge in [0.05, 0.1) is 17.1 Å². The summed E-state index contributed by atoms with van der Waals surface area (Å²) in [5, 5.41) is 12.8. The number of amides is 1. The van der Waals surface area contributed by atoms with Crippen LogP contribution in [0.15, 0.2) is 23.6 Å². The number of anilines is 3. The molecule has 2 N–H and O–H groups in total. The van der Waals surface area contributed by atoms with Crippen LogP contribution in [0.4, 0.5) is 16.6 Å². The van der Waals surface area contributed by atoms with E-state index in [0.29, 0.717) is 16.5 Å². The topological polar surface area (TPSA) is 84.7 Å². The van der Waals surface area contributed by atoms with E-state index >= 15 is 0 Å². The van der Waals surface area contributed by atoms with E-state index in [4.69, 9.17) is 0 Å². The summed E-state index contributed by atoms with van der Waals surface area (Å²) in [4.78, 5) is 21.2. The summed E-state index contributed by atoms with van der Waals surface area (Å²) in [5.41, 5.74) is 3.47. The molecule has 0 saturated heterocycles. The number of carbonyl (C=O) groups is 1. The fourth-order valence-electron chi connectivity index (χ4n) is 2.26. The van der Waals surface area contributed by atoms with Crippen molar-refractivity contribution in [3.63, 3.8) is 0 Å². The van der Waals surface area contributed by atoms with E-state index in [-0.39, 0.29) is 5.91 Å². The van der Waals surface area contributed by atoms with Crippen molar-refractivity contribution in [2.45, 2.75) is 20.8 Å². The number of thiazole rings is 1. The number of nitrogens with zero attached hydrogens (tertiary/aromatic N) is 4. The maximum absolute atomic E-state index is 12.6. The molecule has 0 saturated carbocycles. The second-order valence-electron chi connectivity index (χ2n) is 5.52. The molecule has 0 bridgehead atoms. The van der Waals surface area contributed by atoms with Crippen molar-refractivity contribution in [2.24, 2.45) is 7.05 Å². The molecule has 0 fully saturated rings. The van der Waals surface area contributed by atoms with Crippen LogP contribution < -0.4 is 10.6 Å². The maximum atomic E-state index is 12.6. The summed E-state index contributed by atoms with van der Waals surface area (Å²) < 4.78 is 1.72. The lowest BCUT2D eigenvalue weighted by atomic mass is 10.2. The fourth-order valence-corrected chi connectivity index (χ4v) is 2.95. The van der Waals surface area contributed by atoms with Gasteiger partial charge in [-0.3, -0.25) is 14.8 Å². The van der Waals surface area contributed by atoms with Crippen molar-refractivity contribution in [3.05, 3.63) is 46.4 Å². The molecular weight excluding hydrogens is 324 g/mol. The minimum Gasteiger partial charge on any atom is -0.339 e. The number of carbonyl (C=O) groups excluding carboxylic acids is 1. The van der Waals surface area contributed by atoms with Gasteiger partial charge in [0.2, 0.25) is 0 Å². The highest BCUT2D eigenvalue weighted by atomic mass is 32.1. The summed E-state index contributed by atoms with van der Waals surface area (Å²) in [6.45, 7) is 5.65. The fraction of sp³-hybridized carbons (Fsp3) is 0.250. The Morgan fingerprint density at radius 3 is 2.54 bits per heavy atom. The molecule has 8 heteroatoms.